The summed E-state index contributed by atoms with van der Waals surface area (Å²) in [6.45, 7) is 1.28. The van der Waals surface area contributed by atoms with Crippen molar-refractivity contribution in [1.29, 1.82) is 0 Å². The lowest BCUT2D eigenvalue weighted by molar-refractivity contribution is 0.0596. The van der Waals surface area contributed by atoms with Gasteiger partial charge >= 0.3 is 5.97 Å². The van der Waals surface area contributed by atoms with Gasteiger partial charge in [0.2, 0.25) is 0 Å². The van der Waals surface area contributed by atoms with E-state index in [0.29, 0.717) is 0 Å². The zero-order valence-corrected chi connectivity index (χ0v) is 8.27. The van der Waals surface area contributed by atoms with Crippen molar-refractivity contribution in [2.45, 2.75) is 6.92 Å². The first kappa shape index (κ1) is 11.0. The number of aromatic hydroxyl groups is 2. The lowest BCUT2D eigenvalue weighted by atomic mass is 10.1. The van der Waals surface area contributed by atoms with E-state index in [-0.39, 0.29) is 16.9 Å². The van der Waals surface area contributed by atoms with Crippen LogP contribution in [0.2, 0.25) is 0 Å². The predicted octanol–water partition coefficient (Wildman–Crippen LogP) is 1.09. The van der Waals surface area contributed by atoms with Crippen LogP contribution in [0.4, 0.5) is 0 Å². The third-order valence-electron chi connectivity index (χ3n) is 1.90. The van der Waals surface area contributed by atoms with Gasteiger partial charge in [0.1, 0.15) is 5.56 Å². The van der Waals surface area contributed by atoms with Crippen LogP contribution in [0.1, 0.15) is 27.6 Å². The summed E-state index contributed by atoms with van der Waals surface area (Å²) < 4.78 is 4.39. The normalized spacial score (nSPS) is 9.73. The zero-order chi connectivity index (χ0) is 11.6. The molecule has 0 radical (unpaired) electrons. The van der Waals surface area contributed by atoms with Gasteiger partial charge in [-0.2, -0.15) is 0 Å². The maximum atomic E-state index is 11.2. The highest BCUT2D eigenvalue weighted by molar-refractivity contribution is 6.00. The van der Waals surface area contributed by atoms with E-state index >= 15 is 0 Å². The van der Waals surface area contributed by atoms with Crippen molar-refractivity contribution in [2.24, 2.45) is 0 Å². The molecule has 15 heavy (non-hydrogen) atoms. The van der Waals surface area contributed by atoms with Crippen molar-refractivity contribution in [3.63, 3.8) is 0 Å². The van der Waals surface area contributed by atoms with Crippen LogP contribution in [0.3, 0.4) is 0 Å². The molecule has 0 aliphatic rings. The average molecular weight is 210 g/mol. The fourth-order valence-electron chi connectivity index (χ4n) is 1.09. The lowest BCUT2D eigenvalue weighted by Crippen LogP contribution is -2.04. The van der Waals surface area contributed by atoms with Crippen LogP contribution in [0.5, 0.6) is 11.5 Å². The average Bonchev–Trinajstić information content (AvgIpc) is 2.20. The van der Waals surface area contributed by atoms with E-state index in [1.165, 1.54) is 13.0 Å². The summed E-state index contributed by atoms with van der Waals surface area (Å²) in [5, 5.41) is 18.6. The van der Waals surface area contributed by atoms with Gasteiger partial charge in [-0.3, -0.25) is 4.79 Å². The van der Waals surface area contributed by atoms with E-state index in [1.807, 2.05) is 0 Å². The van der Waals surface area contributed by atoms with Crippen LogP contribution in [-0.4, -0.2) is 29.1 Å². The molecule has 5 nitrogen and oxygen atoms in total. The predicted molar refractivity (Wildman–Crippen MR) is 51.1 cm³/mol. The molecule has 1 aromatic rings. The number of hydrogen-bond acceptors (Lipinski definition) is 5. The molecule has 1 rings (SSSR count). The highest BCUT2D eigenvalue weighted by atomic mass is 16.5. The summed E-state index contributed by atoms with van der Waals surface area (Å²) in [6, 6.07) is 2.26. The Labute approximate surface area is 85.9 Å². The first-order valence-electron chi connectivity index (χ1n) is 4.12. The largest absolute Gasteiger partial charge is 0.504 e. The Balaban J connectivity index is 3.37. The minimum absolute atomic E-state index is 0.130. The number of ketones is 1. The number of Topliss-reactive ketones (excluding diaryl/α,β-unsaturated/α-hetero) is 1. The molecule has 0 spiro atoms. The van der Waals surface area contributed by atoms with Crippen LogP contribution in [0.15, 0.2) is 12.1 Å². The molecular formula is C10H10O5. The summed E-state index contributed by atoms with van der Waals surface area (Å²) in [4.78, 5) is 22.2. The van der Waals surface area contributed by atoms with Crippen LogP contribution < -0.4 is 0 Å². The number of hydrogen-bond donors (Lipinski definition) is 2. The van der Waals surface area contributed by atoms with Gasteiger partial charge < -0.3 is 14.9 Å². The van der Waals surface area contributed by atoms with Gasteiger partial charge in [-0.1, -0.05) is 0 Å². The highest BCUT2D eigenvalue weighted by Gasteiger charge is 2.17. The SMILES string of the molecule is COC(=O)c1cc(C(C)=O)cc(O)c1O. The minimum Gasteiger partial charge on any atom is -0.504 e. The quantitative estimate of drug-likeness (QED) is 0.433. The first-order chi connectivity index (χ1) is 6.97. The van der Waals surface area contributed by atoms with Crippen LogP contribution >= 0.6 is 0 Å². The Morgan fingerprint density at radius 2 is 1.87 bits per heavy atom. The number of esters is 1. The summed E-state index contributed by atoms with van der Waals surface area (Å²) in [7, 11) is 1.14. The Morgan fingerprint density at radius 1 is 1.27 bits per heavy atom. The number of phenolic OH excluding ortho intramolecular Hbond substituents is 2. The number of benzene rings is 1. The fourth-order valence-corrected chi connectivity index (χ4v) is 1.09. The van der Waals surface area contributed by atoms with Gasteiger partial charge in [0.25, 0.3) is 0 Å². The molecule has 0 bridgehead atoms. The topological polar surface area (TPSA) is 83.8 Å². The summed E-state index contributed by atoms with van der Waals surface area (Å²) in [5.74, 6) is -2.25. The Bertz CT molecular complexity index is 422. The Kier molecular flexibility index (Phi) is 2.94. The Morgan fingerprint density at radius 3 is 2.33 bits per heavy atom. The second kappa shape index (κ2) is 4.00. The molecule has 0 amide bonds. The van der Waals surface area contributed by atoms with Gasteiger partial charge in [-0.25, -0.2) is 4.79 Å². The van der Waals surface area contributed by atoms with Crippen molar-refractivity contribution < 1.29 is 24.5 Å². The van der Waals surface area contributed by atoms with Crippen molar-refractivity contribution in [1.82, 2.24) is 0 Å². The number of methoxy groups -OCH3 is 1. The molecule has 0 aromatic heterocycles. The maximum Gasteiger partial charge on any atom is 0.341 e. The lowest BCUT2D eigenvalue weighted by Gasteiger charge is -2.06. The highest BCUT2D eigenvalue weighted by Crippen LogP contribution is 2.30. The monoisotopic (exact) mass is 210 g/mol. The van der Waals surface area contributed by atoms with Gasteiger partial charge in [-0.15, -0.1) is 0 Å². The molecule has 0 saturated carbocycles. The second-order valence-electron chi connectivity index (χ2n) is 2.94. The molecule has 0 unspecified atom stereocenters. The van der Waals surface area contributed by atoms with Crippen molar-refractivity contribution in [3.05, 3.63) is 23.3 Å². The van der Waals surface area contributed by atoms with Crippen molar-refractivity contribution in [2.75, 3.05) is 7.11 Å². The summed E-state index contributed by atoms with van der Waals surface area (Å²) in [5.41, 5.74) is -0.103. The molecule has 0 atom stereocenters. The van der Waals surface area contributed by atoms with Gasteiger partial charge in [-0.05, 0) is 19.1 Å². The van der Waals surface area contributed by atoms with E-state index in [0.717, 1.165) is 13.2 Å². The zero-order valence-electron chi connectivity index (χ0n) is 8.27. The number of ether oxygens (including phenoxy) is 1. The van der Waals surface area contributed by atoms with Crippen LogP contribution in [-0.2, 0) is 4.74 Å². The van der Waals surface area contributed by atoms with Crippen molar-refractivity contribution >= 4 is 11.8 Å². The number of rotatable bonds is 2. The minimum atomic E-state index is -0.814. The third-order valence-corrected chi connectivity index (χ3v) is 1.90. The van der Waals surface area contributed by atoms with Crippen LogP contribution in [0.25, 0.3) is 0 Å². The van der Waals surface area contributed by atoms with E-state index in [1.54, 1.807) is 0 Å². The summed E-state index contributed by atoms with van der Waals surface area (Å²) in [6.07, 6.45) is 0. The third kappa shape index (κ3) is 2.07. The van der Waals surface area contributed by atoms with Crippen molar-refractivity contribution in [3.8, 4) is 11.5 Å². The van der Waals surface area contributed by atoms with Gasteiger partial charge in [0.15, 0.2) is 17.3 Å². The second-order valence-corrected chi connectivity index (χ2v) is 2.94. The Hall–Kier alpha value is -2.04. The molecule has 2 N–H and O–H groups in total. The molecule has 0 fully saturated rings. The smallest absolute Gasteiger partial charge is 0.341 e. The molecule has 1 aromatic carbocycles. The number of phenols is 2. The van der Waals surface area contributed by atoms with E-state index in [9.17, 15) is 19.8 Å². The van der Waals surface area contributed by atoms with E-state index in [2.05, 4.69) is 4.74 Å². The van der Waals surface area contributed by atoms with Gasteiger partial charge in [0.05, 0.1) is 7.11 Å². The summed E-state index contributed by atoms with van der Waals surface area (Å²) >= 11 is 0. The molecule has 0 aliphatic heterocycles. The molecule has 0 saturated heterocycles. The molecular weight excluding hydrogens is 200 g/mol. The van der Waals surface area contributed by atoms with Gasteiger partial charge in [0, 0.05) is 5.56 Å². The molecule has 5 heteroatoms. The van der Waals surface area contributed by atoms with E-state index in [4.69, 9.17) is 0 Å². The molecule has 0 heterocycles. The van der Waals surface area contributed by atoms with Crippen LogP contribution in [0, 0.1) is 0 Å². The van der Waals surface area contributed by atoms with E-state index < -0.39 is 17.5 Å². The number of carbonyl (C=O) groups is 2. The fraction of sp³-hybridized carbons (Fsp3) is 0.200. The molecule has 0 aliphatic carbocycles. The standard InChI is InChI=1S/C10H10O5/c1-5(11)6-3-7(10(14)15-2)9(13)8(12)4-6/h3-4,12-13H,1-2H3. The maximum absolute atomic E-state index is 11.2. The molecule has 80 valence electrons. The number of carbonyl (C=O) groups excluding carboxylic acids is 2. The first-order valence-corrected chi connectivity index (χ1v) is 4.12.